The summed E-state index contributed by atoms with van der Waals surface area (Å²) in [6, 6.07) is 32.4. The van der Waals surface area contributed by atoms with Crippen LogP contribution in [0.15, 0.2) is 108 Å². The molecule has 0 saturated heterocycles. The van der Waals surface area contributed by atoms with Crippen LogP contribution in [0.2, 0.25) is 5.02 Å². The molecule has 0 aliphatic carbocycles. The maximum atomic E-state index is 5.96. The van der Waals surface area contributed by atoms with Gasteiger partial charge in [0.25, 0.3) is 0 Å². The average Bonchev–Trinajstić information content (AvgIpc) is 2.98. The highest BCUT2D eigenvalue weighted by atomic mass is 35.5. The largest absolute Gasteiger partial charge is 0.493 e. The first-order valence-electron chi connectivity index (χ1n) is 12.4. The molecule has 0 spiro atoms. The van der Waals surface area contributed by atoms with E-state index in [0.717, 1.165) is 22.5 Å². The summed E-state index contributed by atoms with van der Waals surface area (Å²) in [6.45, 7) is 0.389. The van der Waals surface area contributed by atoms with Crippen molar-refractivity contribution < 1.29 is 9.47 Å². The van der Waals surface area contributed by atoms with Gasteiger partial charge in [0.1, 0.15) is 6.61 Å². The Kier molecular flexibility index (Phi) is 8.65. The molecule has 5 rings (SSSR count). The lowest BCUT2D eigenvalue weighted by Gasteiger charge is -2.11. The highest BCUT2D eigenvalue weighted by Crippen LogP contribution is 2.28. The van der Waals surface area contributed by atoms with Crippen LogP contribution >= 0.6 is 11.6 Å². The Balaban J connectivity index is 1.29. The fourth-order valence-corrected chi connectivity index (χ4v) is 3.75. The van der Waals surface area contributed by atoms with Gasteiger partial charge in [0.15, 0.2) is 11.5 Å². The molecule has 0 atom stereocenters. The zero-order valence-corrected chi connectivity index (χ0v) is 22.3. The van der Waals surface area contributed by atoms with Crippen LogP contribution in [0, 0.1) is 0 Å². The lowest BCUT2D eigenvalue weighted by molar-refractivity contribution is 0.284. The predicted molar refractivity (Wildman–Crippen MR) is 159 cm³/mol. The van der Waals surface area contributed by atoms with Gasteiger partial charge in [-0.25, -0.2) is 5.43 Å². The minimum Gasteiger partial charge on any atom is -0.493 e. The predicted octanol–water partition coefficient (Wildman–Crippen LogP) is 7.05. The van der Waals surface area contributed by atoms with Crippen LogP contribution in [-0.2, 0) is 6.61 Å². The van der Waals surface area contributed by atoms with Gasteiger partial charge in [0, 0.05) is 16.4 Å². The van der Waals surface area contributed by atoms with Crippen molar-refractivity contribution in [2.24, 2.45) is 5.10 Å². The number of rotatable bonds is 11. The van der Waals surface area contributed by atoms with Gasteiger partial charge in [0.2, 0.25) is 17.8 Å². The number of hydrazone groups is 1. The molecular weight excluding hydrogens is 526 g/mol. The Morgan fingerprint density at radius 1 is 0.725 bits per heavy atom. The lowest BCUT2D eigenvalue weighted by Crippen LogP contribution is -2.07. The second kappa shape index (κ2) is 13.1. The lowest BCUT2D eigenvalue weighted by atomic mass is 10.2. The number of halogens is 1. The van der Waals surface area contributed by atoms with Gasteiger partial charge in [-0.3, -0.25) is 0 Å². The fraction of sp³-hybridized carbons (Fsp3) is 0.0667. The Labute approximate surface area is 236 Å². The summed E-state index contributed by atoms with van der Waals surface area (Å²) >= 11 is 5.96. The fourth-order valence-electron chi connectivity index (χ4n) is 3.63. The summed E-state index contributed by atoms with van der Waals surface area (Å²) in [6.07, 6.45) is 1.64. The van der Waals surface area contributed by atoms with E-state index in [0.29, 0.717) is 35.0 Å². The molecule has 0 saturated carbocycles. The molecule has 0 unspecified atom stereocenters. The van der Waals surface area contributed by atoms with Crippen molar-refractivity contribution in [3.8, 4) is 11.5 Å². The molecule has 10 heteroatoms. The Morgan fingerprint density at radius 2 is 1.32 bits per heavy atom. The number of benzene rings is 4. The topological polar surface area (TPSA) is 106 Å². The second-order valence-electron chi connectivity index (χ2n) is 8.48. The van der Waals surface area contributed by atoms with E-state index in [4.69, 9.17) is 21.1 Å². The minimum atomic E-state index is 0.262. The van der Waals surface area contributed by atoms with Crippen molar-refractivity contribution in [2.75, 3.05) is 23.2 Å². The van der Waals surface area contributed by atoms with E-state index in [1.54, 1.807) is 13.3 Å². The summed E-state index contributed by atoms with van der Waals surface area (Å²) in [4.78, 5) is 13.4. The van der Waals surface area contributed by atoms with Crippen molar-refractivity contribution in [1.82, 2.24) is 15.0 Å². The van der Waals surface area contributed by atoms with Gasteiger partial charge in [-0.15, -0.1) is 0 Å². The van der Waals surface area contributed by atoms with Gasteiger partial charge in [-0.2, -0.15) is 20.1 Å². The highest BCUT2D eigenvalue weighted by molar-refractivity contribution is 6.30. The molecular formula is C30H26ClN7O2. The first kappa shape index (κ1) is 26.5. The average molecular weight is 552 g/mol. The number of ether oxygens (including phenoxy) is 2. The molecule has 4 aromatic carbocycles. The SMILES string of the molecule is COc1cc(C=NNc2nc(Nc3ccccc3)nc(Nc3ccccc3)n2)ccc1OCc1ccc(Cl)cc1. The van der Waals surface area contributed by atoms with E-state index in [1.807, 2.05) is 103 Å². The smallest absolute Gasteiger partial charge is 0.250 e. The van der Waals surface area contributed by atoms with Gasteiger partial charge < -0.3 is 20.1 Å². The molecule has 0 bridgehead atoms. The number of nitrogens with one attached hydrogen (secondary N) is 3. The molecule has 0 radical (unpaired) electrons. The van der Waals surface area contributed by atoms with Gasteiger partial charge >= 0.3 is 0 Å². The van der Waals surface area contributed by atoms with Crippen molar-refractivity contribution >= 4 is 47.0 Å². The van der Waals surface area contributed by atoms with Crippen molar-refractivity contribution in [2.45, 2.75) is 6.61 Å². The van der Waals surface area contributed by atoms with E-state index in [-0.39, 0.29) is 5.95 Å². The molecule has 5 aromatic rings. The van der Waals surface area contributed by atoms with Crippen LogP contribution in [0.25, 0.3) is 0 Å². The van der Waals surface area contributed by atoms with Crippen LogP contribution in [0.3, 0.4) is 0 Å². The van der Waals surface area contributed by atoms with Gasteiger partial charge in [-0.1, -0.05) is 60.1 Å². The summed E-state index contributed by atoms with van der Waals surface area (Å²) in [5.74, 6) is 2.19. The third kappa shape index (κ3) is 7.46. The third-order valence-electron chi connectivity index (χ3n) is 5.57. The summed E-state index contributed by atoms with van der Waals surface area (Å²) in [7, 11) is 1.59. The Bertz CT molecular complexity index is 1510. The van der Waals surface area contributed by atoms with Gasteiger partial charge in [0.05, 0.1) is 13.3 Å². The number of para-hydroxylation sites is 2. The van der Waals surface area contributed by atoms with E-state index >= 15 is 0 Å². The van der Waals surface area contributed by atoms with Crippen LogP contribution in [0.4, 0.5) is 29.2 Å². The zero-order valence-electron chi connectivity index (χ0n) is 21.6. The summed E-state index contributed by atoms with van der Waals surface area (Å²) < 4.78 is 11.5. The maximum absolute atomic E-state index is 5.96. The monoisotopic (exact) mass is 551 g/mol. The third-order valence-corrected chi connectivity index (χ3v) is 5.82. The Morgan fingerprint density at radius 3 is 1.93 bits per heavy atom. The molecule has 40 heavy (non-hydrogen) atoms. The summed E-state index contributed by atoms with van der Waals surface area (Å²) in [5, 5.41) is 11.4. The standard InChI is InChI=1S/C30H26ClN7O2/c1-39-27-18-22(14-17-26(27)40-20-21-12-15-23(31)16-13-21)19-32-38-30-36-28(33-24-8-4-2-5-9-24)35-29(37-30)34-25-10-6-3-7-11-25/h2-19H,20H2,1H3,(H3,33,34,35,36,37,38). The highest BCUT2D eigenvalue weighted by Gasteiger charge is 2.09. The number of methoxy groups -OCH3 is 1. The minimum absolute atomic E-state index is 0.262. The van der Waals surface area contributed by atoms with Crippen molar-refractivity contribution in [3.63, 3.8) is 0 Å². The number of anilines is 5. The Hall–Kier alpha value is -5.15. The molecule has 0 fully saturated rings. The molecule has 1 heterocycles. The van der Waals surface area contributed by atoms with Crippen molar-refractivity contribution in [1.29, 1.82) is 0 Å². The molecule has 0 aliphatic rings. The zero-order chi connectivity index (χ0) is 27.6. The number of hydrogen-bond donors (Lipinski definition) is 3. The number of hydrogen-bond acceptors (Lipinski definition) is 9. The quantitative estimate of drug-likeness (QED) is 0.118. The molecule has 9 nitrogen and oxygen atoms in total. The van der Waals surface area contributed by atoms with E-state index in [2.05, 4.69) is 36.1 Å². The van der Waals surface area contributed by atoms with Crippen LogP contribution < -0.4 is 25.5 Å². The molecule has 200 valence electrons. The maximum Gasteiger partial charge on any atom is 0.250 e. The van der Waals surface area contributed by atoms with Crippen molar-refractivity contribution in [3.05, 3.63) is 119 Å². The molecule has 3 N–H and O–H groups in total. The first-order chi connectivity index (χ1) is 19.6. The van der Waals surface area contributed by atoms with E-state index < -0.39 is 0 Å². The molecule has 0 amide bonds. The summed E-state index contributed by atoms with van der Waals surface area (Å²) in [5.41, 5.74) is 6.38. The molecule has 0 aliphatic heterocycles. The first-order valence-corrected chi connectivity index (χ1v) is 12.8. The molecule has 1 aromatic heterocycles. The second-order valence-corrected chi connectivity index (χ2v) is 8.92. The van der Waals surface area contributed by atoms with Crippen LogP contribution in [-0.4, -0.2) is 28.3 Å². The number of nitrogens with zero attached hydrogens (tertiary/aromatic N) is 4. The normalized spacial score (nSPS) is 10.8. The number of aromatic nitrogens is 3. The van der Waals surface area contributed by atoms with Crippen LogP contribution in [0.1, 0.15) is 11.1 Å². The van der Waals surface area contributed by atoms with E-state index in [9.17, 15) is 0 Å². The van der Waals surface area contributed by atoms with Gasteiger partial charge in [-0.05, 0) is 65.7 Å². The van der Waals surface area contributed by atoms with Crippen LogP contribution in [0.5, 0.6) is 11.5 Å². The van der Waals surface area contributed by atoms with E-state index in [1.165, 1.54) is 0 Å².